The van der Waals surface area contributed by atoms with Gasteiger partial charge >= 0.3 is 5.97 Å². The molecule has 0 radical (unpaired) electrons. The molecule has 1 heterocycles. The van der Waals surface area contributed by atoms with Crippen molar-refractivity contribution in [3.05, 3.63) is 11.1 Å². The summed E-state index contributed by atoms with van der Waals surface area (Å²) < 4.78 is 5.02. The Morgan fingerprint density at radius 1 is 1.50 bits per heavy atom. The van der Waals surface area contributed by atoms with E-state index in [1.54, 1.807) is 29.1 Å². The molecule has 1 aliphatic heterocycles. The number of hydrogen-bond donors (Lipinski definition) is 3. The summed E-state index contributed by atoms with van der Waals surface area (Å²) in [5.41, 5.74) is 8.54. The first kappa shape index (κ1) is 16.7. The Morgan fingerprint density at radius 3 is 2.85 bits per heavy atom. The van der Waals surface area contributed by atoms with Crippen molar-refractivity contribution in [1.82, 2.24) is 10.4 Å². The Balaban J connectivity index is 2.59. The fraction of sp³-hybridized carbons (Fsp3) is 0.692. The summed E-state index contributed by atoms with van der Waals surface area (Å²) in [6, 6.07) is 0. The number of carbonyl (C=O) groups is 1. The molecule has 1 rings (SSSR count). The third-order valence-corrected chi connectivity index (χ3v) is 4.03. The van der Waals surface area contributed by atoms with Crippen molar-refractivity contribution in [3.63, 3.8) is 0 Å². The number of nitrogens with two attached hydrogens (primary N) is 1. The van der Waals surface area contributed by atoms with Crippen LogP contribution in [-0.2, 0) is 9.53 Å². The summed E-state index contributed by atoms with van der Waals surface area (Å²) in [7, 11) is 0. The van der Waals surface area contributed by atoms with Gasteiger partial charge in [-0.3, -0.25) is 15.8 Å². The van der Waals surface area contributed by atoms with E-state index in [0.29, 0.717) is 12.3 Å². The smallest absolute Gasteiger partial charge is 0.357 e. The Hall–Kier alpha value is -1.37. The zero-order valence-electron chi connectivity index (χ0n) is 12.1. The molecule has 0 bridgehead atoms. The largest absolute Gasteiger partial charge is 0.461 e. The van der Waals surface area contributed by atoms with Crippen LogP contribution in [0.2, 0.25) is 0 Å². The predicted molar refractivity (Wildman–Crippen MR) is 81.7 cm³/mol. The quantitative estimate of drug-likeness (QED) is 0.275. The third kappa shape index (κ3) is 4.96. The van der Waals surface area contributed by atoms with E-state index in [-0.39, 0.29) is 17.3 Å². The summed E-state index contributed by atoms with van der Waals surface area (Å²) >= 11 is 1.56. The summed E-state index contributed by atoms with van der Waals surface area (Å²) in [5, 5.41) is 10.9. The van der Waals surface area contributed by atoms with E-state index < -0.39 is 0 Å². The molecule has 1 atom stereocenters. The van der Waals surface area contributed by atoms with E-state index >= 15 is 0 Å². The Labute approximate surface area is 124 Å². The molecule has 1 unspecified atom stereocenters. The van der Waals surface area contributed by atoms with Crippen LogP contribution in [0.1, 0.15) is 46.0 Å². The van der Waals surface area contributed by atoms with Gasteiger partial charge in [-0.15, -0.1) is 11.8 Å². The molecule has 0 aromatic heterocycles. The zero-order valence-corrected chi connectivity index (χ0v) is 13.0. The number of guanidine groups is 1. The number of esters is 1. The van der Waals surface area contributed by atoms with Crippen molar-refractivity contribution in [2.45, 2.75) is 51.3 Å². The van der Waals surface area contributed by atoms with Crippen LogP contribution in [0.5, 0.6) is 0 Å². The molecule has 0 fully saturated rings. The number of nitrogens with zero attached hydrogens (tertiary/aromatic N) is 1. The molecule has 6 nitrogen and oxygen atoms in total. The molecule has 4 N–H and O–H groups in total. The standard InChI is InChI=1S/C13H24N4O2S/c1-3-5-6-7-8-11-17(16-13(14)15)10(9-20-11)12(18)19-4-2/h9,11H,3-8H2,1-2H3,(H4,14,15,16). The normalized spacial score (nSPS) is 17.8. The average molecular weight is 300 g/mol. The molecular weight excluding hydrogens is 276 g/mol. The van der Waals surface area contributed by atoms with Gasteiger partial charge in [-0.2, -0.15) is 0 Å². The first-order chi connectivity index (χ1) is 9.60. The molecule has 0 aliphatic carbocycles. The molecule has 7 heteroatoms. The summed E-state index contributed by atoms with van der Waals surface area (Å²) in [6.07, 6.45) is 5.61. The van der Waals surface area contributed by atoms with E-state index in [0.717, 1.165) is 12.8 Å². The average Bonchev–Trinajstić information content (AvgIpc) is 2.77. The summed E-state index contributed by atoms with van der Waals surface area (Å²) in [5.74, 6) is -0.564. The maximum atomic E-state index is 11.9. The van der Waals surface area contributed by atoms with Gasteiger partial charge in [-0.1, -0.05) is 32.6 Å². The number of thioether (sulfide) groups is 1. The molecule has 0 saturated carbocycles. The second kappa shape index (κ2) is 8.73. The van der Waals surface area contributed by atoms with Gasteiger partial charge in [-0.05, 0) is 13.3 Å². The lowest BCUT2D eigenvalue weighted by Crippen LogP contribution is -2.48. The van der Waals surface area contributed by atoms with Gasteiger partial charge in [-0.25, -0.2) is 4.79 Å². The van der Waals surface area contributed by atoms with Gasteiger partial charge in [0, 0.05) is 5.41 Å². The molecule has 114 valence electrons. The van der Waals surface area contributed by atoms with E-state index in [9.17, 15) is 4.79 Å². The number of hydrazine groups is 1. The number of hydrogen-bond acceptors (Lipinski definition) is 5. The van der Waals surface area contributed by atoms with Crippen LogP contribution >= 0.6 is 11.8 Å². The minimum atomic E-state index is -0.384. The van der Waals surface area contributed by atoms with Gasteiger partial charge in [0.25, 0.3) is 0 Å². The minimum absolute atomic E-state index is 0.0789. The van der Waals surface area contributed by atoms with Crippen LogP contribution in [0.3, 0.4) is 0 Å². The van der Waals surface area contributed by atoms with Gasteiger partial charge in [0.2, 0.25) is 5.96 Å². The van der Waals surface area contributed by atoms with Gasteiger partial charge in [0.1, 0.15) is 5.37 Å². The van der Waals surface area contributed by atoms with Gasteiger partial charge < -0.3 is 10.5 Å². The molecule has 1 aliphatic rings. The lowest BCUT2D eigenvalue weighted by Gasteiger charge is -2.28. The number of carbonyl (C=O) groups excluding carboxylic acids is 1. The minimum Gasteiger partial charge on any atom is -0.461 e. The van der Waals surface area contributed by atoms with Crippen molar-refractivity contribution < 1.29 is 9.53 Å². The number of rotatable bonds is 8. The van der Waals surface area contributed by atoms with Crippen LogP contribution in [0.15, 0.2) is 11.1 Å². The first-order valence-corrected chi connectivity index (χ1v) is 7.97. The van der Waals surface area contributed by atoms with Crippen molar-refractivity contribution in [2.75, 3.05) is 6.61 Å². The second-order valence-corrected chi connectivity index (χ2v) is 5.61. The highest BCUT2D eigenvalue weighted by Crippen LogP contribution is 2.33. The van der Waals surface area contributed by atoms with Crippen LogP contribution in [0, 0.1) is 5.41 Å². The number of ether oxygens (including phenoxy) is 1. The highest BCUT2D eigenvalue weighted by Gasteiger charge is 2.32. The zero-order chi connectivity index (χ0) is 15.0. The predicted octanol–water partition coefficient (Wildman–Crippen LogP) is 2.13. The molecule has 0 aromatic carbocycles. The van der Waals surface area contributed by atoms with Crippen molar-refractivity contribution in [1.29, 1.82) is 5.41 Å². The lowest BCUT2D eigenvalue weighted by atomic mass is 10.1. The van der Waals surface area contributed by atoms with Gasteiger partial charge in [0.05, 0.1) is 6.61 Å². The van der Waals surface area contributed by atoms with E-state index in [2.05, 4.69) is 12.3 Å². The van der Waals surface area contributed by atoms with E-state index in [1.165, 1.54) is 19.3 Å². The van der Waals surface area contributed by atoms with Crippen LogP contribution < -0.4 is 11.2 Å². The molecule has 20 heavy (non-hydrogen) atoms. The third-order valence-electron chi connectivity index (χ3n) is 2.91. The molecule has 0 saturated heterocycles. The highest BCUT2D eigenvalue weighted by molar-refractivity contribution is 8.02. The fourth-order valence-corrected chi connectivity index (χ4v) is 3.06. The Morgan fingerprint density at radius 2 is 2.25 bits per heavy atom. The molecule has 0 amide bonds. The Bertz CT molecular complexity index is 373. The summed E-state index contributed by atoms with van der Waals surface area (Å²) in [4.78, 5) is 11.9. The SMILES string of the molecule is CCCCCCC1SC=C(C(=O)OCC)N1NC(=N)N. The van der Waals surface area contributed by atoms with Crippen LogP contribution in [0.25, 0.3) is 0 Å². The van der Waals surface area contributed by atoms with Crippen molar-refractivity contribution in [2.24, 2.45) is 5.73 Å². The van der Waals surface area contributed by atoms with E-state index in [4.69, 9.17) is 15.9 Å². The molecule has 0 spiro atoms. The second-order valence-electron chi connectivity index (χ2n) is 4.56. The van der Waals surface area contributed by atoms with E-state index in [1.807, 2.05) is 0 Å². The highest BCUT2D eigenvalue weighted by atomic mass is 32.2. The van der Waals surface area contributed by atoms with Crippen LogP contribution in [-0.4, -0.2) is 28.9 Å². The molecular formula is C13H24N4O2S. The first-order valence-electron chi connectivity index (χ1n) is 7.02. The lowest BCUT2D eigenvalue weighted by molar-refractivity contribution is -0.140. The van der Waals surface area contributed by atoms with Gasteiger partial charge in [0.15, 0.2) is 5.70 Å². The maximum absolute atomic E-state index is 11.9. The van der Waals surface area contributed by atoms with Crippen LogP contribution in [0.4, 0.5) is 0 Å². The summed E-state index contributed by atoms with van der Waals surface area (Å²) in [6.45, 7) is 4.27. The number of nitrogens with one attached hydrogen (secondary N) is 2. The monoisotopic (exact) mass is 300 g/mol. The van der Waals surface area contributed by atoms with Crippen molar-refractivity contribution in [3.8, 4) is 0 Å². The molecule has 0 aromatic rings. The van der Waals surface area contributed by atoms with Crippen molar-refractivity contribution >= 4 is 23.7 Å². The maximum Gasteiger partial charge on any atom is 0.357 e. The Kier molecular flexibility index (Phi) is 7.28. The topological polar surface area (TPSA) is 91.4 Å². The fourth-order valence-electron chi connectivity index (χ4n) is 1.97. The number of unbranched alkanes of at least 4 members (excludes halogenated alkanes) is 3.